The summed E-state index contributed by atoms with van der Waals surface area (Å²) in [4.78, 5) is 33.8. The van der Waals surface area contributed by atoms with E-state index in [4.69, 9.17) is 9.57 Å². The van der Waals surface area contributed by atoms with Crippen molar-refractivity contribution in [1.29, 1.82) is 0 Å². The summed E-state index contributed by atoms with van der Waals surface area (Å²) >= 11 is 3.35. The van der Waals surface area contributed by atoms with Gasteiger partial charge < -0.3 is 9.84 Å². The molecule has 174 valence electrons. The molecule has 3 atom stereocenters. The second-order valence-corrected chi connectivity index (χ2v) is 8.76. The van der Waals surface area contributed by atoms with Crippen LogP contribution in [0.3, 0.4) is 0 Å². The summed E-state index contributed by atoms with van der Waals surface area (Å²) in [5.41, 5.74) is 1.12. The predicted molar refractivity (Wildman–Crippen MR) is 126 cm³/mol. The molecular weight excluding hydrogens is 507 g/mol. The highest BCUT2D eigenvalue weighted by Crippen LogP contribution is 2.50. The number of rotatable bonds is 5. The number of fused-ring (bicyclic) bond motifs is 1. The van der Waals surface area contributed by atoms with Gasteiger partial charge in [0.25, 0.3) is 5.91 Å². The molecule has 2 saturated heterocycles. The highest BCUT2D eigenvalue weighted by Gasteiger charge is 2.60. The number of hydrogen-bond donors (Lipinski definition) is 1. The number of para-hydroxylation sites is 2. The number of phenolic OH excluding ortho intramolecular Hbond substituents is 1. The van der Waals surface area contributed by atoms with Crippen molar-refractivity contribution in [2.45, 2.75) is 19.1 Å². The molecule has 2 amide bonds. The first-order valence-electron chi connectivity index (χ1n) is 10.7. The maximum Gasteiger partial charge on any atom is 0.266 e. The molecule has 9 heteroatoms. The number of carbonyl (C=O) groups is 2. The van der Waals surface area contributed by atoms with Gasteiger partial charge in [-0.15, -0.1) is 0 Å². The van der Waals surface area contributed by atoms with Crippen LogP contribution in [0.5, 0.6) is 11.5 Å². The Balaban J connectivity index is 1.64. The number of nitrogens with zero attached hydrogens (tertiary/aromatic N) is 2. The molecule has 2 fully saturated rings. The Hall–Kier alpha value is -3.43. The predicted octanol–water partition coefficient (Wildman–Crippen LogP) is 4.74. The number of aromatic hydroxyl groups is 1. The summed E-state index contributed by atoms with van der Waals surface area (Å²) in [5, 5.41) is 11.9. The topological polar surface area (TPSA) is 79.3 Å². The Kier molecular flexibility index (Phi) is 5.75. The van der Waals surface area contributed by atoms with E-state index in [1.54, 1.807) is 37.3 Å². The van der Waals surface area contributed by atoms with Gasteiger partial charge in [-0.2, -0.15) is 0 Å². The SMILES string of the molecule is CCOc1cc([C@@H]2[C@H]3C(=O)N(c4ccccc4F)C(=O)[C@H]3ON2c2ccccc2)cc(Br)c1O. The first kappa shape index (κ1) is 22.4. The summed E-state index contributed by atoms with van der Waals surface area (Å²) in [6.07, 6.45) is -1.14. The molecule has 3 aromatic carbocycles. The number of carbonyl (C=O) groups excluding carboxylic acids is 2. The molecule has 2 aliphatic heterocycles. The minimum absolute atomic E-state index is 0.0749. The van der Waals surface area contributed by atoms with E-state index >= 15 is 0 Å². The summed E-state index contributed by atoms with van der Waals surface area (Å²) in [6, 6.07) is 17.3. The first-order chi connectivity index (χ1) is 16.4. The van der Waals surface area contributed by atoms with E-state index < -0.39 is 35.7 Å². The van der Waals surface area contributed by atoms with Crippen molar-refractivity contribution < 1.29 is 28.7 Å². The zero-order valence-electron chi connectivity index (χ0n) is 18.0. The Morgan fingerprint density at radius 3 is 2.47 bits per heavy atom. The van der Waals surface area contributed by atoms with Crippen LogP contribution in [0.2, 0.25) is 0 Å². The fraction of sp³-hybridized carbons (Fsp3) is 0.200. The maximum atomic E-state index is 14.5. The number of anilines is 2. The zero-order valence-corrected chi connectivity index (χ0v) is 19.6. The zero-order chi connectivity index (χ0) is 24.0. The van der Waals surface area contributed by atoms with Crippen molar-refractivity contribution in [2.24, 2.45) is 5.92 Å². The van der Waals surface area contributed by atoms with Crippen molar-refractivity contribution in [1.82, 2.24) is 0 Å². The average molecular weight is 527 g/mol. The molecule has 3 aromatic rings. The van der Waals surface area contributed by atoms with Crippen molar-refractivity contribution >= 4 is 39.1 Å². The Labute approximate surface area is 203 Å². The van der Waals surface area contributed by atoms with Crippen LogP contribution in [0.25, 0.3) is 0 Å². The second-order valence-electron chi connectivity index (χ2n) is 7.90. The van der Waals surface area contributed by atoms with E-state index in [0.717, 1.165) is 4.90 Å². The van der Waals surface area contributed by atoms with Crippen LogP contribution in [0.4, 0.5) is 15.8 Å². The van der Waals surface area contributed by atoms with Gasteiger partial charge in [0.2, 0.25) is 5.91 Å². The molecule has 5 rings (SSSR count). The molecule has 0 saturated carbocycles. The van der Waals surface area contributed by atoms with Gasteiger partial charge in [-0.05, 0) is 64.8 Å². The van der Waals surface area contributed by atoms with Crippen LogP contribution in [0, 0.1) is 11.7 Å². The van der Waals surface area contributed by atoms with E-state index in [0.29, 0.717) is 22.3 Å². The smallest absolute Gasteiger partial charge is 0.266 e. The molecule has 7 nitrogen and oxygen atoms in total. The number of phenols is 1. The Bertz CT molecular complexity index is 1270. The van der Waals surface area contributed by atoms with Crippen LogP contribution < -0.4 is 14.7 Å². The van der Waals surface area contributed by atoms with Crippen molar-refractivity contribution in [3.63, 3.8) is 0 Å². The molecule has 0 spiro atoms. The molecule has 0 unspecified atom stereocenters. The second kappa shape index (κ2) is 8.73. The lowest BCUT2D eigenvalue weighted by Crippen LogP contribution is -2.37. The van der Waals surface area contributed by atoms with E-state index in [1.807, 2.05) is 18.2 Å². The highest BCUT2D eigenvalue weighted by molar-refractivity contribution is 9.10. The van der Waals surface area contributed by atoms with Crippen LogP contribution in [0.15, 0.2) is 71.2 Å². The van der Waals surface area contributed by atoms with E-state index in [2.05, 4.69) is 15.9 Å². The van der Waals surface area contributed by atoms with Crippen LogP contribution >= 0.6 is 15.9 Å². The molecule has 0 radical (unpaired) electrons. The van der Waals surface area contributed by atoms with E-state index in [9.17, 15) is 19.1 Å². The van der Waals surface area contributed by atoms with E-state index in [-0.39, 0.29) is 17.2 Å². The largest absolute Gasteiger partial charge is 0.503 e. The number of halogens is 2. The molecule has 2 aliphatic rings. The van der Waals surface area contributed by atoms with Gasteiger partial charge in [-0.25, -0.2) is 14.4 Å². The lowest BCUT2D eigenvalue weighted by molar-refractivity contribution is -0.126. The van der Waals surface area contributed by atoms with Gasteiger partial charge in [0.15, 0.2) is 17.6 Å². The van der Waals surface area contributed by atoms with Crippen molar-refractivity contribution in [3.05, 3.63) is 82.6 Å². The summed E-state index contributed by atoms with van der Waals surface area (Å²) in [5.74, 6) is -2.66. The summed E-state index contributed by atoms with van der Waals surface area (Å²) < 4.78 is 20.5. The molecule has 2 heterocycles. The minimum atomic E-state index is -1.14. The van der Waals surface area contributed by atoms with Crippen LogP contribution in [-0.4, -0.2) is 29.6 Å². The molecular formula is C25H20BrFN2O5. The third-order valence-corrected chi connectivity index (χ3v) is 6.52. The van der Waals surface area contributed by atoms with E-state index in [1.165, 1.54) is 23.3 Å². The maximum absolute atomic E-state index is 14.5. The fourth-order valence-electron chi connectivity index (χ4n) is 4.45. The number of hydrogen-bond acceptors (Lipinski definition) is 6. The number of imide groups is 1. The molecule has 34 heavy (non-hydrogen) atoms. The fourth-order valence-corrected chi connectivity index (χ4v) is 4.91. The molecule has 0 bridgehead atoms. The van der Waals surface area contributed by atoms with Gasteiger partial charge in [0.1, 0.15) is 11.7 Å². The lowest BCUT2D eigenvalue weighted by Gasteiger charge is -2.29. The Morgan fingerprint density at radius 1 is 1.06 bits per heavy atom. The minimum Gasteiger partial charge on any atom is -0.503 e. The lowest BCUT2D eigenvalue weighted by atomic mass is 9.90. The number of benzene rings is 3. The standard InChI is InChI=1S/C25H20BrFN2O5/c1-2-33-19-13-14(12-16(26)22(19)30)21-20-23(34-29(21)15-8-4-3-5-9-15)25(32)28(24(20)31)18-11-7-6-10-17(18)27/h3-13,20-21,23,30H,2H2,1H3/t20-,21-,23+/m1/s1. The van der Waals surface area contributed by atoms with Crippen molar-refractivity contribution in [2.75, 3.05) is 16.6 Å². The highest BCUT2D eigenvalue weighted by atomic mass is 79.9. The van der Waals surface area contributed by atoms with Crippen LogP contribution in [0.1, 0.15) is 18.5 Å². The van der Waals surface area contributed by atoms with Crippen LogP contribution in [-0.2, 0) is 14.4 Å². The van der Waals surface area contributed by atoms with Gasteiger partial charge in [-0.1, -0.05) is 30.3 Å². The molecule has 0 aliphatic carbocycles. The molecule has 1 N–H and O–H groups in total. The third kappa shape index (κ3) is 3.52. The number of ether oxygens (including phenoxy) is 1. The number of hydroxylamine groups is 1. The summed E-state index contributed by atoms with van der Waals surface area (Å²) in [7, 11) is 0. The Morgan fingerprint density at radius 2 is 1.76 bits per heavy atom. The first-order valence-corrected chi connectivity index (χ1v) is 11.5. The molecule has 0 aromatic heterocycles. The van der Waals surface area contributed by atoms with Gasteiger partial charge in [0.05, 0.1) is 28.5 Å². The third-order valence-electron chi connectivity index (χ3n) is 5.91. The normalized spacial score (nSPS) is 21.8. The van der Waals surface area contributed by atoms with Gasteiger partial charge in [-0.3, -0.25) is 14.4 Å². The quantitative estimate of drug-likeness (QED) is 0.483. The number of amides is 2. The summed E-state index contributed by atoms with van der Waals surface area (Å²) in [6.45, 7) is 2.11. The van der Waals surface area contributed by atoms with Crippen molar-refractivity contribution in [3.8, 4) is 11.5 Å². The van der Waals surface area contributed by atoms with Gasteiger partial charge in [0, 0.05) is 0 Å². The average Bonchev–Trinajstić information content (AvgIpc) is 3.34. The monoisotopic (exact) mass is 526 g/mol. The van der Waals surface area contributed by atoms with Gasteiger partial charge >= 0.3 is 0 Å².